The summed E-state index contributed by atoms with van der Waals surface area (Å²) in [6, 6.07) is 3.40. The molecule has 9 heteroatoms. The molecule has 3 unspecified atom stereocenters. The Kier molecular flexibility index (Phi) is 7.66. The van der Waals surface area contributed by atoms with Gasteiger partial charge < -0.3 is 25.2 Å². The molecule has 0 saturated carbocycles. The Morgan fingerprint density at radius 2 is 1.90 bits per heavy atom. The summed E-state index contributed by atoms with van der Waals surface area (Å²) < 4.78 is 10.9. The summed E-state index contributed by atoms with van der Waals surface area (Å²) in [6.45, 7) is 1.43. The van der Waals surface area contributed by atoms with Crippen LogP contribution in [-0.4, -0.2) is 67.3 Å². The fourth-order valence-corrected chi connectivity index (χ4v) is 4.67. The number of carboxylic acid groups (broad SMARTS) is 1. The van der Waals surface area contributed by atoms with Gasteiger partial charge in [-0.15, -0.1) is 11.6 Å². The lowest BCUT2D eigenvalue weighted by molar-refractivity contribution is -0.122. The first-order chi connectivity index (χ1) is 14.5. The van der Waals surface area contributed by atoms with E-state index in [1.54, 1.807) is 14.2 Å². The highest BCUT2D eigenvalue weighted by Crippen LogP contribution is 2.41. The van der Waals surface area contributed by atoms with Gasteiger partial charge in [-0.3, -0.25) is 9.69 Å². The van der Waals surface area contributed by atoms with Gasteiger partial charge in [0, 0.05) is 31.4 Å². The Bertz CT molecular complexity index is 775. The van der Waals surface area contributed by atoms with Crippen LogP contribution in [0.2, 0.25) is 0 Å². The van der Waals surface area contributed by atoms with Crippen LogP contribution in [0, 0.1) is 0 Å². The molecule has 2 aliphatic rings. The number of unbranched alkanes of at least 4 members (excludes halogenated alkanes) is 1. The molecule has 0 aromatic heterocycles. The third-order valence-electron chi connectivity index (χ3n) is 5.95. The van der Waals surface area contributed by atoms with Crippen molar-refractivity contribution >= 4 is 23.6 Å². The summed E-state index contributed by atoms with van der Waals surface area (Å²) >= 11 is 5.69. The molecule has 1 fully saturated rings. The number of nitrogens with one attached hydrogen (secondary N) is 2. The van der Waals surface area contributed by atoms with Crippen molar-refractivity contribution in [3.63, 3.8) is 0 Å². The molecule has 2 amide bonds. The molecule has 3 N–H and O–H groups in total. The Morgan fingerprint density at radius 3 is 2.57 bits per heavy atom. The molecule has 2 aliphatic heterocycles. The van der Waals surface area contributed by atoms with E-state index < -0.39 is 6.09 Å². The summed E-state index contributed by atoms with van der Waals surface area (Å²) in [7, 11) is 3.23. The van der Waals surface area contributed by atoms with Gasteiger partial charge in [-0.25, -0.2) is 4.79 Å². The highest BCUT2D eigenvalue weighted by Gasteiger charge is 2.40. The zero-order valence-electron chi connectivity index (χ0n) is 17.4. The first-order valence-electron chi connectivity index (χ1n) is 10.3. The van der Waals surface area contributed by atoms with Crippen molar-refractivity contribution in [3.05, 3.63) is 23.3 Å². The molecule has 0 bridgehead atoms. The monoisotopic (exact) mass is 439 g/mol. The van der Waals surface area contributed by atoms with Gasteiger partial charge in [-0.2, -0.15) is 0 Å². The maximum absolute atomic E-state index is 12.4. The quantitative estimate of drug-likeness (QED) is 0.425. The number of nitrogens with zero attached hydrogens (tertiary/aromatic N) is 1. The summed E-state index contributed by atoms with van der Waals surface area (Å²) in [5.74, 6) is 1.83. The first kappa shape index (κ1) is 22.5. The molecule has 1 aromatic rings. The molecule has 166 valence electrons. The molecule has 0 radical (unpaired) electrons. The number of amides is 2. The second kappa shape index (κ2) is 10.2. The zero-order chi connectivity index (χ0) is 21.7. The van der Waals surface area contributed by atoms with Gasteiger partial charge in [0.1, 0.15) is 0 Å². The van der Waals surface area contributed by atoms with E-state index in [9.17, 15) is 14.7 Å². The van der Waals surface area contributed by atoms with Crippen molar-refractivity contribution in [2.24, 2.45) is 0 Å². The third-order valence-corrected chi connectivity index (χ3v) is 6.22. The van der Waals surface area contributed by atoms with Crippen molar-refractivity contribution in [2.45, 2.75) is 50.2 Å². The predicted molar refractivity (Wildman–Crippen MR) is 114 cm³/mol. The number of methoxy groups -OCH3 is 2. The van der Waals surface area contributed by atoms with E-state index in [1.807, 2.05) is 12.1 Å². The molecule has 8 nitrogen and oxygen atoms in total. The summed E-state index contributed by atoms with van der Waals surface area (Å²) in [4.78, 5) is 26.1. The van der Waals surface area contributed by atoms with Gasteiger partial charge in [0.15, 0.2) is 11.5 Å². The van der Waals surface area contributed by atoms with Gasteiger partial charge in [0.25, 0.3) is 0 Å². The van der Waals surface area contributed by atoms with Crippen LogP contribution in [0.4, 0.5) is 4.79 Å². The van der Waals surface area contributed by atoms with Crippen LogP contribution in [-0.2, 0) is 11.2 Å². The first-order valence-corrected chi connectivity index (χ1v) is 10.8. The van der Waals surface area contributed by atoms with Crippen molar-refractivity contribution < 1.29 is 24.2 Å². The number of hydrogen-bond donors (Lipinski definition) is 3. The second-order valence-electron chi connectivity index (χ2n) is 7.78. The molecule has 30 heavy (non-hydrogen) atoms. The number of alkyl halides is 1. The maximum atomic E-state index is 12.4. The molecule has 3 atom stereocenters. The Balaban J connectivity index is 1.79. The van der Waals surface area contributed by atoms with E-state index >= 15 is 0 Å². The molecule has 2 heterocycles. The molecular formula is C21H30ClN3O5. The third kappa shape index (κ3) is 5.10. The number of halogens is 1. The van der Waals surface area contributed by atoms with Crippen LogP contribution in [0.25, 0.3) is 0 Å². The predicted octanol–water partition coefficient (Wildman–Crippen LogP) is 2.54. The van der Waals surface area contributed by atoms with Gasteiger partial charge in [-0.05, 0) is 48.9 Å². The lowest BCUT2D eigenvalue weighted by Crippen LogP contribution is -2.61. The van der Waals surface area contributed by atoms with Crippen LogP contribution in [0.1, 0.15) is 42.9 Å². The summed E-state index contributed by atoms with van der Waals surface area (Å²) in [5, 5.41) is 15.0. The maximum Gasteiger partial charge on any atom is 0.404 e. The van der Waals surface area contributed by atoms with Gasteiger partial charge in [0.05, 0.1) is 26.3 Å². The van der Waals surface area contributed by atoms with Crippen LogP contribution >= 0.6 is 11.6 Å². The average molecular weight is 440 g/mol. The number of ether oxygens (including phenoxy) is 2. The largest absolute Gasteiger partial charge is 0.493 e. The number of carbonyl (C=O) groups is 2. The molecule has 3 rings (SSSR count). The van der Waals surface area contributed by atoms with Crippen LogP contribution in [0.3, 0.4) is 0 Å². The number of piperidine rings is 1. The smallest absolute Gasteiger partial charge is 0.404 e. The lowest BCUT2D eigenvalue weighted by atomic mass is 9.83. The highest BCUT2D eigenvalue weighted by atomic mass is 35.5. The fourth-order valence-electron chi connectivity index (χ4n) is 4.48. The van der Waals surface area contributed by atoms with Gasteiger partial charge >= 0.3 is 6.09 Å². The number of rotatable bonds is 8. The number of hydrogen-bond acceptors (Lipinski definition) is 5. The summed E-state index contributed by atoms with van der Waals surface area (Å²) in [5.41, 5.74) is 2.31. The highest BCUT2D eigenvalue weighted by molar-refractivity contribution is 6.17. The SMILES string of the molecule is COc1cc2c(cc1OC)C1CC(NC(=O)O)C(NC(=O)CCCCCl)CN1CC2. The standard InChI is InChI=1S/C21H30ClN3O5/c1-29-18-9-13-6-8-25-12-16(23-20(26)5-3-4-7-22)15(24-21(27)28)11-17(25)14(13)10-19(18)30-2/h9-10,15-17,24H,3-8,11-12H2,1-2H3,(H,23,26)(H,27,28). The fraction of sp³-hybridized carbons (Fsp3) is 0.619. The van der Waals surface area contributed by atoms with Crippen LogP contribution < -0.4 is 20.1 Å². The van der Waals surface area contributed by atoms with E-state index in [0.717, 1.165) is 31.4 Å². The minimum atomic E-state index is -1.09. The Morgan fingerprint density at radius 1 is 1.17 bits per heavy atom. The minimum Gasteiger partial charge on any atom is -0.493 e. The van der Waals surface area contributed by atoms with Gasteiger partial charge in [-0.1, -0.05) is 0 Å². The van der Waals surface area contributed by atoms with E-state index in [1.165, 1.54) is 5.56 Å². The Labute approximate surface area is 181 Å². The van der Waals surface area contributed by atoms with Crippen molar-refractivity contribution in [3.8, 4) is 11.5 Å². The van der Waals surface area contributed by atoms with Crippen molar-refractivity contribution in [1.82, 2.24) is 15.5 Å². The number of carbonyl (C=O) groups excluding carboxylic acids is 1. The normalized spacial score (nSPS) is 23.1. The average Bonchev–Trinajstić information content (AvgIpc) is 2.72. The second-order valence-corrected chi connectivity index (χ2v) is 8.16. The van der Waals surface area contributed by atoms with Crippen LogP contribution in [0.5, 0.6) is 11.5 Å². The molecular weight excluding hydrogens is 410 g/mol. The number of fused-ring (bicyclic) bond motifs is 3. The summed E-state index contributed by atoms with van der Waals surface area (Å²) in [6.07, 6.45) is 2.25. The zero-order valence-corrected chi connectivity index (χ0v) is 18.2. The van der Waals surface area contributed by atoms with E-state index in [2.05, 4.69) is 15.5 Å². The number of benzene rings is 1. The van der Waals surface area contributed by atoms with Crippen molar-refractivity contribution in [2.75, 3.05) is 33.2 Å². The molecule has 1 aromatic carbocycles. The van der Waals surface area contributed by atoms with E-state index in [4.69, 9.17) is 21.1 Å². The lowest BCUT2D eigenvalue weighted by Gasteiger charge is -2.47. The van der Waals surface area contributed by atoms with E-state index in [-0.39, 0.29) is 24.0 Å². The van der Waals surface area contributed by atoms with Crippen LogP contribution in [0.15, 0.2) is 12.1 Å². The van der Waals surface area contributed by atoms with Crippen molar-refractivity contribution in [1.29, 1.82) is 0 Å². The molecule has 1 saturated heterocycles. The van der Waals surface area contributed by atoms with Gasteiger partial charge in [0.2, 0.25) is 5.91 Å². The molecule has 0 spiro atoms. The Hall–Kier alpha value is -2.19. The minimum absolute atomic E-state index is 0.0507. The molecule has 0 aliphatic carbocycles. The topological polar surface area (TPSA) is 100 Å². The van der Waals surface area contributed by atoms with E-state index in [0.29, 0.717) is 36.8 Å².